The van der Waals surface area contributed by atoms with E-state index in [4.69, 9.17) is 5.10 Å². The second kappa shape index (κ2) is 5.83. The summed E-state index contributed by atoms with van der Waals surface area (Å²) in [6.07, 6.45) is 0.519. The molecule has 168 valence electrons. The van der Waals surface area contributed by atoms with Crippen LogP contribution in [0.5, 0.6) is 0 Å². The summed E-state index contributed by atoms with van der Waals surface area (Å²) in [7, 11) is 0. The molecule has 4 aromatic heterocycles. The molecule has 0 fully saturated rings. The fourth-order valence-electron chi connectivity index (χ4n) is 4.69. The van der Waals surface area contributed by atoms with Crippen molar-refractivity contribution in [3.05, 3.63) is 59.6 Å². The molecule has 1 spiro atoms. The molecule has 2 aliphatic heterocycles. The summed E-state index contributed by atoms with van der Waals surface area (Å²) >= 11 is 0. The average molecular weight is 454 g/mol. The fraction of sp³-hybridized carbons (Fsp3) is 0.364. The SMILES string of the molecule is Cc1c[n+]2c(cn1)-c1nc(C(F)(F)F)nn1C21n2nc(C)cc2-c2cc(C(C)(C)C)cc[n+]21. The van der Waals surface area contributed by atoms with Gasteiger partial charge in [-0.3, -0.25) is 0 Å². The van der Waals surface area contributed by atoms with Gasteiger partial charge in [-0.2, -0.15) is 23.3 Å². The van der Waals surface area contributed by atoms with Crippen molar-refractivity contribution in [3.8, 4) is 22.9 Å². The quantitative estimate of drug-likeness (QED) is 0.331. The van der Waals surface area contributed by atoms with Gasteiger partial charge in [0.1, 0.15) is 17.6 Å². The first kappa shape index (κ1) is 20.0. The third-order valence-corrected chi connectivity index (χ3v) is 6.19. The Kier molecular flexibility index (Phi) is 3.54. The number of halogens is 3. The molecule has 0 N–H and O–H groups in total. The zero-order valence-electron chi connectivity index (χ0n) is 18.7. The number of fused-ring (bicyclic) bond motifs is 10. The normalized spacial score (nSPS) is 18.4. The monoisotopic (exact) mass is 454 g/mol. The van der Waals surface area contributed by atoms with Gasteiger partial charge in [0.2, 0.25) is 17.7 Å². The number of rotatable bonds is 0. The Bertz CT molecular complexity index is 1470. The first-order valence-electron chi connectivity index (χ1n) is 10.5. The van der Waals surface area contributed by atoms with Crippen molar-refractivity contribution in [3.63, 3.8) is 0 Å². The largest absolute Gasteiger partial charge is 0.584 e. The lowest BCUT2D eigenvalue weighted by Crippen LogP contribution is -2.77. The molecule has 6 heterocycles. The van der Waals surface area contributed by atoms with E-state index in [1.807, 2.05) is 41.3 Å². The number of nitrogens with zero attached hydrogens (tertiary/aromatic N) is 8. The Morgan fingerprint density at radius 3 is 2.39 bits per heavy atom. The summed E-state index contributed by atoms with van der Waals surface area (Å²) in [6, 6.07) is 5.98. The van der Waals surface area contributed by atoms with Gasteiger partial charge in [0, 0.05) is 12.1 Å². The lowest BCUT2D eigenvalue weighted by Gasteiger charge is -2.19. The van der Waals surface area contributed by atoms with E-state index >= 15 is 0 Å². The molecule has 11 heteroatoms. The third-order valence-electron chi connectivity index (χ3n) is 6.19. The molecule has 4 aromatic rings. The van der Waals surface area contributed by atoms with Crippen molar-refractivity contribution >= 4 is 0 Å². The minimum absolute atomic E-state index is 0.0779. The van der Waals surface area contributed by atoms with Gasteiger partial charge in [0.25, 0.3) is 11.5 Å². The highest BCUT2D eigenvalue weighted by atomic mass is 19.4. The molecule has 0 aliphatic carbocycles. The Morgan fingerprint density at radius 2 is 1.70 bits per heavy atom. The molecule has 0 saturated carbocycles. The van der Waals surface area contributed by atoms with Gasteiger partial charge in [-0.1, -0.05) is 34.6 Å². The highest BCUT2D eigenvalue weighted by Crippen LogP contribution is 2.39. The van der Waals surface area contributed by atoms with Crippen LogP contribution in [0, 0.1) is 13.8 Å². The number of aryl methyl sites for hydroxylation is 2. The van der Waals surface area contributed by atoms with Gasteiger partial charge in [-0.15, -0.1) is 9.78 Å². The Morgan fingerprint density at radius 1 is 0.939 bits per heavy atom. The van der Waals surface area contributed by atoms with E-state index in [-0.39, 0.29) is 11.2 Å². The van der Waals surface area contributed by atoms with Crippen molar-refractivity contribution < 1.29 is 22.3 Å². The summed E-state index contributed by atoms with van der Waals surface area (Å²) in [5, 5.41) is 8.69. The van der Waals surface area contributed by atoms with E-state index in [1.54, 1.807) is 10.9 Å². The van der Waals surface area contributed by atoms with E-state index in [0.717, 1.165) is 22.6 Å². The van der Waals surface area contributed by atoms with Crippen LogP contribution in [0.2, 0.25) is 0 Å². The van der Waals surface area contributed by atoms with Crippen LogP contribution in [0.15, 0.2) is 36.8 Å². The van der Waals surface area contributed by atoms with Crippen LogP contribution >= 0.6 is 0 Å². The van der Waals surface area contributed by atoms with Crippen LogP contribution < -0.4 is 9.13 Å². The molecule has 1 atom stereocenters. The van der Waals surface area contributed by atoms with Gasteiger partial charge in [-0.25, -0.2) is 4.98 Å². The smallest absolute Gasteiger partial charge is 0.248 e. The average Bonchev–Trinajstić information content (AvgIpc) is 3.42. The van der Waals surface area contributed by atoms with Crippen LogP contribution in [-0.2, 0) is 17.5 Å². The standard InChI is InChI=1S/C22H21F3N8/c1-12-8-16-15-9-14(20(3,4)5)6-7-30(15)22(32(16)28-12)31-11-13(2)26-10-17(31)18-27-19(21(23,24)25)29-33(18)22/h6-11H,1-5H3/q+2. The maximum atomic E-state index is 13.6. The van der Waals surface area contributed by atoms with Gasteiger partial charge in [0.15, 0.2) is 6.20 Å². The summed E-state index contributed by atoms with van der Waals surface area (Å²) in [4.78, 5) is 8.19. The number of hydrogen-bond acceptors (Lipinski definition) is 4. The molecule has 0 saturated heterocycles. The van der Waals surface area contributed by atoms with E-state index in [2.05, 4.69) is 41.9 Å². The summed E-state index contributed by atoms with van der Waals surface area (Å²) in [5.41, 5.74) is 4.45. The van der Waals surface area contributed by atoms with Gasteiger partial charge in [0.05, 0.1) is 5.69 Å². The summed E-state index contributed by atoms with van der Waals surface area (Å²) < 4.78 is 47.7. The van der Waals surface area contributed by atoms with Gasteiger partial charge < -0.3 is 0 Å². The van der Waals surface area contributed by atoms with E-state index < -0.39 is 17.9 Å². The molecule has 0 amide bonds. The van der Waals surface area contributed by atoms with Crippen molar-refractivity contribution in [1.82, 2.24) is 29.5 Å². The third kappa shape index (κ3) is 2.42. The molecule has 0 radical (unpaired) electrons. The van der Waals surface area contributed by atoms with E-state index in [9.17, 15) is 13.2 Å². The lowest BCUT2D eigenvalue weighted by atomic mass is 9.87. The summed E-state index contributed by atoms with van der Waals surface area (Å²) in [6.45, 7) is 10.0. The highest BCUT2D eigenvalue weighted by molar-refractivity contribution is 5.57. The molecule has 8 nitrogen and oxygen atoms in total. The second-order valence-corrected chi connectivity index (χ2v) is 9.56. The molecule has 0 bridgehead atoms. The predicted molar refractivity (Wildman–Crippen MR) is 109 cm³/mol. The van der Waals surface area contributed by atoms with Crippen molar-refractivity contribution in [1.29, 1.82) is 0 Å². The highest BCUT2D eigenvalue weighted by Gasteiger charge is 2.71. The maximum Gasteiger partial charge on any atom is 0.584 e. The van der Waals surface area contributed by atoms with Crippen molar-refractivity contribution in [2.75, 3.05) is 0 Å². The number of alkyl halides is 3. The number of aromatic nitrogens is 8. The molecular weight excluding hydrogens is 433 g/mol. The number of pyridine rings is 1. The summed E-state index contributed by atoms with van der Waals surface area (Å²) in [5.74, 6) is -2.49. The number of hydrogen-bond donors (Lipinski definition) is 0. The molecule has 6 rings (SSSR count). The van der Waals surface area contributed by atoms with Crippen molar-refractivity contribution in [2.24, 2.45) is 0 Å². The Hall–Kier alpha value is -3.63. The van der Waals surface area contributed by atoms with Crippen LogP contribution in [0.25, 0.3) is 22.9 Å². The van der Waals surface area contributed by atoms with Crippen molar-refractivity contribution in [2.45, 2.75) is 52.1 Å². The topological polar surface area (TPSA) is 69.2 Å². The van der Waals surface area contributed by atoms with Crippen LogP contribution in [0.1, 0.15) is 43.5 Å². The first-order valence-corrected chi connectivity index (χ1v) is 10.5. The van der Waals surface area contributed by atoms with Crippen LogP contribution in [-0.4, -0.2) is 29.5 Å². The van der Waals surface area contributed by atoms with Crippen LogP contribution in [0.3, 0.4) is 0 Å². The van der Waals surface area contributed by atoms with Gasteiger partial charge >= 0.3 is 12.1 Å². The minimum atomic E-state index is -4.69. The predicted octanol–water partition coefficient (Wildman–Crippen LogP) is 2.55. The lowest BCUT2D eigenvalue weighted by molar-refractivity contribution is -0.991. The van der Waals surface area contributed by atoms with E-state index in [1.165, 1.54) is 10.9 Å². The van der Waals surface area contributed by atoms with Crippen LogP contribution in [0.4, 0.5) is 13.2 Å². The molecule has 0 aromatic carbocycles. The fourth-order valence-corrected chi connectivity index (χ4v) is 4.69. The second-order valence-electron chi connectivity index (χ2n) is 9.56. The maximum absolute atomic E-state index is 13.6. The zero-order chi connectivity index (χ0) is 23.5. The zero-order valence-corrected chi connectivity index (χ0v) is 18.7. The molecule has 2 aliphatic rings. The Balaban J connectivity index is 1.77. The molecule has 1 unspecified atom stereocenters. The minimum Gasteiger partial charge on any atom is -0.248 e. The molecule has 33 heavy (non-hydrogen) atoms. The Labute approximate surface area is 187 Å². The molecular formula is C22H21F3N8+2. The first-order chi connectivity index (χ1) is 15.4. The van der Waals surface area contributed by atoms with Gasteiger partial charge in [-0.05, 0) is 30.9 Å². The van der Waals surface area contributed by atoms with E-state index in [0.29, 0.717) is 11.4 Å².